The van der Waals surface area contributed by atoms with Crippen LogP contribution in [0.4, 0.5) is 0 Å². The van der Waals surface area contributed by atoms with Gasteiger partial charge >= 0.3 is 0 Å². The minimum atomic E-state index is -3.23. The van der Waals surface area contributed by atoms with Crippen LogP contribution in [-0.4, -0.2) is 73.3 Å². The molecule has 2 rings (SSSR count). The second kappa shape index (κ2) is 7.96. The van der Waals surface area contributed by atoms with Gasteiger partial charge in [-0.05, 0) is 25.5 Å². The van der Waals surface area contributed by atoms with Gasteiger partial charge in [0.2, 0.25) is 10.0 Å². The lowest BCUT2D eigenvalue weighted by molar-refractivity contribution is -0.142. The SMILES string of the molecule is CCS(=O)(=O)N1CCN(C(=O)[C@@H](O)COc2ccccc2C)CC1. The molecule has 0 aliphatic carbocycles. The minimum Gasteiger partial charge on any atom is -0.490 e. The predicted molar refractivity (Wildman–Crippen MR) is 90.3 cm³/mol. The molecule has 1 amide bonds. The Bertz CT molecular complexity index is 669. The van der Waals surface area contributed by atoms with Crippen molar-refractivity contribution in [3.8, 4) is 5.75 Å². The summed E-state index contributed by atoms with van der Waals surface area (Å²) >= 11 is 0. The van der Waals surface area contributed by atoms with Crippen LogP contribution in [-0.2, 0) is 14.8 Å². The number of carbonyl (C=O) groups is 1. The molecule has 7 nitrogen and oxygen atoms in total. The van der Waals surface area contributed by atoms with Gasteiger partial charge in [-0.2, -0.15) is 4.31 Å². The number of aryl methyl sites for hydroxylation is 1. The Hall–Kier alpha value is -1.64. The van der Waals surface area contributed by atoms with Crippen molar-refractivity contribution in [3.63, 3.8) is 0 Å². The Labute approximate surface area is 142 Å². The molecule has 1 aromatic carbocycles. The van der Waals surface area contributed by atoms with E-state index in [0.717, 1.165) is 5.56 Å². The fraction of sp³-hybridized carbons (Fsp3) is 0.562. The normalized spacial score (nSPS) is 17.5. The molecule has 0 radical (unpaired) electrons. The van der Waals surface area contributed by atoms with Crippen LogP contribution in [0.15, 0.2) is 24.3 Å². The summed E-state index contributed by atoms with van der Waals surface area (Å²) in [5.41, 5.74) is 0.926. The second-order valence-electron chi connectivity index (χ2n) is 5.72. The molecule has 1 aliphatic heterocycles. The summed E-state index contributed by atoms with van der Waals surface area (Å²) in [6.45, 7) is 4.42. The molecule has 1 aromatic rings. The zero-order valence-electron chi connectivity index (χ0n) is 14.0. The molecule has 1 N–H and O–H groups in total. The predicted octanol–water partition coefficient (Wildman–Crippen LogP) is 0.229. The molecule has 0 aromatic heterocycles. The van der Waals surface area contributed by atoms with Crippen molar-refractivity contribution in [2.24, 2.45) is 0 Å². The molecule has 0 bridgehead atoms. The highest BCUT2D eigenvalue weighted by Gasteiger charge is 2.30. The number of amides is 1. The van der Waals surface area contributed by atoms with E-state index in [-0.39, 0.29) is 38.5 Å². The van der Waals surface area contributed by atoms with Gasteiger partial charge in [0.05, 0.1) is 5.75 Å². The molecule has 24 heavy (non-hydrogen) atoms. The van der Waals surface area contributed by atoms with Gasteiger partial charge in [0.15, 0.2) is 6.10 Å². The zero-order chi connectivity index (χ0) is 17.7. The number of aliphatic hydroxyl groups excluding tert-OH is 1. The van der Waals surface area contributed by atoms with Crippen LogP contribution >= 0.6 is 0 Å². The van der Waals surface area contributed by atoms with E-state index in [1.54, 1.807) is 13.0 Å². The Morgan fingerprint density at radius 3 is 2.46 bits per heavy atom. The number of benzene rings is 1. The lowest BCUT2D eigenvalue weighted by Gasteiger charge is -2.34. The molecular weight excluding hydrogens is 332 g/mol. The number of rotatable bonds is 6. The topological polar surface area (TPSA) is 87.2 Å². The van der Waals surface area contributed by atoms with Crippen LogP contribution in [0, 0.1) is 6.92 Å². The van der Waals surface area contributed by atoms with Crippen molar-refractivity contribution in [2.45, 2.75) is 20.0 Å². The number of aliphatic hydroxyl groups is 1. The average Bonchev–Trinajstić information content (AvgIpc) is 2.60. The van der Waals surface area contributed by atoms with Crippen LogP contribution in [0.5, 0.6) is 5.75 Å². The number of hydrogen-bond acceptors (Lipinski definition) is 5. The first-order chi connectivity index (χ1) is 11.3. The molecule has 134 valence electrons. The van der Waals surface area contributed by atoms with E-state index in [4.69, 9.17) is 4.74 Å². The summed E-state index contributed by atoms with van der Waals surface area (Å²) < 4.78 is 30.5. The molecule has 0 saturated carbocycles. The van der Waals surface area contributed by atoms with E-state index < -0.39 is 22.0 Å². The summed E-state index contributed by atoms with van der Waals surface area (Å²) in [6, 6.07) is 7.37. The Morgan fingerprint density at radius 1 is 1.25 bits per heavy atom. The smallest absolute Gasteiger partial charge is 0.255 e. The van der Waals surface area contributed by atoms with Gasteiger partial charge in [-0.3, -0.25) is 4.79 Å². The first kappa shape index (κ1) is 18.7. The average molecular weight is 356 g/mol. The third kappa shape index (κ3) is 4.46. The summed E-state index contributed by atoms with van der Waals surface area (Å²) in [6.07, 6.45) is -1.26. The first-order valence-electron chi connectivity index (χ1n) is 7.98. The van der Waals surface area contributed by atoms with Crippen molar-refractivity contribution in [3.05, 3.63) is 29.8 Å². The van der Waals surface area contributed by atoms with Gasteiger partial charge in [0.1, 0.15) is 12.4 Å². The van der Waals surface area contributed by atoms with Gasteiger partial charge in [0.25, 0.3) is 5.91 Å². The lowest BCUT2D eigenvalue weighted by atomic mass is 10.2. The second-order valence-corrected chi connectivity index (χ2v) is 7.97. The molecule has 0 unspecified atom stereocenters. The van der Waals surface area contributed by atoms with Gasteiger partial charge in [-0.1, -0.05) is 18.2 Å². The van der Waals surface area contributed by atoms with E-state index in [9.17, 15) is 18.3 Å². The standard InChI is InChI=1S/C16H24N2O5S/c1-3-24(21,22)18-10-8-17(9-11-18)16(20)14(19)12-23-15-7-5-4-6-13(15)2/h4-7,14,19H,3,8-12H2,1-2H3/t14-/m0/s1. The minimum absolute atomic E-state index is 0.0494. The van der Waals surface area contributed by atoms with E-state index in [1.807, 2.05) is 25.1 Å². The van der Waals surface area contributed by atoms with Gasteiger partial charge in [-0.15, -0.1) is 0 Å². The number of carbonyl (C=O) groups excluding carboxylic acids is 1. The number of nitrogens with zero attached hydrogens (tertiary/aromatic N) is 2. The van der Waals surface area contributed by atoms with E-state index in [0.29, 0.717) is 5.75 Å². The fourth-order valence-corrected chi connectivity index (χ4v) is 3.62. The monoisotopic (exact) mass is 356 g/mol. The summed E-state index contributed by atoms with van der Waals surface area (Å²) in [5, 5.41) is 10.0. The lowest BCUT2D eigenvalue weighted by Crippen LogP contribution is -2.53. The van der Waals surface area contributed by atoms with Gasteiger partial charge in [-0.25, -0.2) is 8.42 Å². The molecule has 1 atom stereocenters. The Morgan fingerprint density at radius 2 is 1.88 bits per heavy atom. The number of hydrogen-bond donors (Lipinski definition) is 1. The Kier molecular flexibility index (Phi) is 6.20. The summed E-state index contributed by atoms with van der Waals surface area (Å²) in [4.78, 5) is 13.7. The van der Waals surface area contributed by atoms with Crippen LogP contribution in [0.3, 0.4) is 0 Å². The van der Waals surface area contributed by atoms with Crippen LogP contribution in [0.25, 0.3) is 0 Å². The number of ether oxygens (including phenoxy) is 1. The first-order valence-corrected chi connectivity index (χ1v) is 9.59. The van der Waals surface area contributed by atoms with Crippen LogP contribution in [0.1, 0.15) is 12.5 Å². The highest BCUT2D eigenvalue weighted by Crippen LogP contribution is 2.16. The molecular formula is C16H24N2O5S. The number of sulfonamides is 1. The number of piperazine rings is 1. The maximum atomic E-state index is 12.3. The van der Waals surface area contributed by atoms with E-state index in [2.05, 4.69) is 0 Å². The van der Waals surface area contributed by atoms with Crippen molar-refractivity contribution in [1.29, 1.82) is 0 Å². The maximum Gasteiger partial charge on any atom is 0.255 e. The van der Waals surface area contributed by atoms with Crippen LogP contribution < -0.4 is 4.74 Å². The molecule has 1 aliphatic rings. The highest BCUT2D eigenvalue weighted by molar-refractivity contribution is 7.89. The van der Waals surface area contributed by atoms with E-state index in [1.165, 1.54) is 9.21 Å². The summed E-state index contributed by atoms with van der Waals surface area (Å²) in [5.74, 6) is 0.244. The third-order valence-corrected chi connectivity index (χ3v) is 5.97. The summed E-state index contributed by atoms with van der Waals surface area (Å²) in [7, 11) is -3.23. The van der Waals surface area contributed by atoms with Crippen molar-refractivity contribution in [1.82, 2.24) is 9.21 Å². The van der Waals surface area contributed by atoms with Gasteiger partial charge in [0, 0.05) is 26.2 Å². The molecule has 1 fully saturated rings. The maximum absolute atomic E-state index is 12.3. The zero-order valence-corrected chi connectivity index (χ0v) is 14.8. The van der Waals surface area contributed by atoms with E-state index >= 15 is 0 Å². The molecule has 8 heteroatoms. The van der Waals surface area contributed by atoms with Crippen molar-refractivity contribution in [2.75, 3.05) is 38.5 Å². The quantitative estimate of drug-likeness (QED) is 0.788. The number of para-hydroxylation sites is 1. The largest absolute Gasteiger partial charge is 0.490 e. The molecule has 1 heterocycles. The Balaban J connectivity index is 1.85. The third-order valence-electron chi connectivity index (χ3n) is 4.08. The molecule has 1 saturated heterocycles. The fourth-order valence-electron chi connectivity index (χ4n) is 2.54. The van der Waals surface area contributed by atoms with Crippen molar-refractivity contribution < 1.29 is 23.1 Å². The van der Waals surface area contributed by atoms with Crippen LogP contribution in [0.2, 0.25) is 0 Å². The van der Waals surface area contributed by atoms with Gasteiger partial charge < -0.3 is 14.7 Å². The van der Waals surface area contributed by atoms with Crippen molar-refractivity contribution >= 4 is 15.9 Å². The highest BCUT2D eigenvalue weighted by atomic mass is 32.2. The molecule has 0 spiro atoms.